The van der Waals surface area contributed by atoms with Gasteiger partial charge in [-0.05, 0) is 18.9 Å². The predicted octanol–water partition coefficient (Wildman–Crippen LogP) is 3.58. The van der Waals surface area contributed by atoms with Crippen LogP contribution in [-0.4, -0.2) is 65.7 Å². The number of nitrogens with zero attached hydrogens (tertiary/aromatic N) is 3. The predicted molar refractivity (Wildman–Crippen MR) is 134 cm³/mol. The van der Waals surface area contributed by atoms with Gasteiger partial charge in [0.1, 0.15) is 15.6 Å². The number of aromatic nitrogens is 2. The molecule has 1 amide bonds. The summed E-state index contributed by atoms with van der Waals surface area (Å²) in [6.45, 7) is 3.13. The van der Waals surface area contributed by atoms with Crippen molar-refractivity contribution in [1.82, 2.24) is 15.1 Å². The van der Waals surface area contributed by atoms with E-state index in [4.69, 9.17) is 9.47 Å². The monoisotopic (exact) mass is 492 g/mol. The molecule has 2 heterocycles. The van der Waals surface area contributed by atoms with Gasteiger partial charge in [0.15, 0.2) is 5.78 Å². The molecule has 2 aromatic carbocycles. The van der Waals surface area contributed by atoms with Gasteiger partial charge in [-0.2, -0.15) is 0 Å². The normalized spacial score (nSPS) is 17.2. The lowest BCUT2D eigenvalue weighted by molar-refractivity contribution is -0.124. The Morgan fingerprint density at radius 2 is 1.89 bits per heavy atom. The molecule has 9 heteroatoms. The molecule has 0 atom stereocenters. The summed E-state index contributed by atoms with van der Waals surface area (Å²) >= 11 is 1.41. The highest BCUT2D eigenvalue weighted by Crippen LogP contribution is 2.43. The molecule has 1 N–H and O–H groups in total. The van der Waals surface area contributed by atoms with Crippen LogP contribution >= 0.6 is 11.3 Å². The van der Waals surface area contributed by atoms with Gasteiger partial charge in [0.25, 0.3) is 0 Å². The maximum absolute atomic E-state index is 13.3. The molecule has 0 bridgehead atoms. The van der Waals surface area contributed by atoms with E-state index in [9.17, 15) is 9.59 Å². The molecule has 8 nitrogen and oxygen atoms in total. The molecule has 0 spiro atoms. The van der Waals surface area contributed by atoms with E-state index in [-0.39, 0.29) is 18.1 Å². The van der Waals surface area contributed by atoms with Gasteiger partial charge in [0.2, 0.25) is 5.91 Å². The third-order valence-corrected chi connectivity index (χ3v) is 7.51. The van der Waals surface area contributed by atoms with Crippen molar-refractivity contribution in [2.75, 3.05) is 38.7 Å². The summed E-state index contributed by atoms with van der Waals surface area (Å²) in [5, 5.41) is 13.0. The van der Waals surface area contributed by atoms with Crippen LogP contribution < -0.4 is 5.32 Å². The Bertz CT molecular complexity index is 1200. The van der Waals surface area contributed by atoms with E-state index in [0.29, 0.717) is 36.1 Å². The van der Waals surface area contributed by atoms with Gasteiger partial charge in [0.05, 0.1) is 26.2 Å². The molecular formula is C26H28N4O4S. The fourth-order valence-electron chi connectivity index (χ4n) is 4.44. The molecule has 1 saturated heterocycles. The largest absolute Gasteiger partial charge is 0.380 e. The van der Waals surface area contributed by atoms with Crippen molar-refractivity contribution in [3.05, 3.63) is 64.7 Å². The van der Waals surface area contributed by atoms with Crippen LogP contribution in [0.4, 0.5) is 5.69 Å². The van der Waals surface area contributed by atoms with Crippen molar-refractivity contribution in [2.45, 2.75) is 31.4 Å². The average Bonchev–Trinajstić information content (AvgIpc) is 3.59. The summed E-state index contributed by atoms with van der Waals surface area (Å²) in [5.41, 5.74) is 2.47. The Morgan fingerprint density at radius 1 is 1.11 bits per heavy atom. The van der Waals surface area contributed by atoms with Crippen LogP contribution in [0, 0.1) is 0 Å². The minimum atomic E-state index is -0.478. The summed E-state index contributed by atoms with van der Waals surface area (Å²) in [4.78, 5) is 28.6. The number of morpholine rings is 1. The highest BCUT2D eigenvalue weighted by atomic mass is 32.1. The van der Waals surface area contributed by atoms with Crippen LogP contribution in [0.1, 0.15) is 33.8 Å². The van der Waals surface area contributed by atoms with E-state index in [1.165, 1.54) is 11.3 Å². The lowest BCUT2D eigenvalue weighted by Crippen LogP contribution is -2.51. The van der Waals surface area contributed by atoms with Crippen LogP contribution in [-0.2, 0) is 27.3 Å². The molecule has 0 unspecified atom stereocenters. The SMILES string of the molecule is COCc1ccc(C(=O)Cc2nnc(-c3ccccc3)s2)cc1NC(=O)C1(N2CCOCC2)CC1. The fourth-order valence-corrected chi connectivity index (χ4v) is 5.29. The number of carbonyl (C=O) groups is 2. The fraction of sp³-hybridized carbons (Fsp3) is 0.385. The zero-order chi connectivity index (χ0) is 24.3. The smallest absolute Gasteiger partial charge is 0.244 e. The molecule has 35 heavy (non-hydrogen) atoms. The quantitative estimate of drug-likeness (QED) is 0.456. The highest BCUT2D eigenvalue weighted by molar-refractivity contribution is 7.14. The molecule has 182 valence electrons. The number of rotatable bonds is 9. The number of amides is 1. The molecular weight excluding hydrogens is 464 g/mol. The molecule has 2 fully saturated rings. The van der Waals surface area contributed by atoms with Crippen molar-refractivity contribution in [3.8, 4) is 10.6 Å². The van der Waals surface area contributed by atoms with Gasteiger partial charge < -0.3 is 14.8 Å². The molecule has 5 rings (SSSR count). The molecule has 2 aliphatic rings. The summed E-state index contributed by atoms with van der Waals surface area (Å²) in [6.07, 6.45) is 1.81. The minimum absolute atomic E-state index is 0.0296. The van der Waals surface area contributed by atoms with Crippen LogP contribution in [0.15, 0.2) is 48.5 Å². The second-order valence-electron chi connectivity index (χ2n) is 8.86. The first-order valence-corrected chi connectivity index (χ1v) is 12.6. The van der Waals surface area contributed by atoms with E-state index in [0.717, 1.165) is 42.1 Å². The van der Waals surface area contributed by atoms with Crippen molar-refractivity contribution in [3.63, 3.8) is 0 Å². The summed E-state index contributed by atoms with van der Waals surface area (Å²) in [5.74, 6) is -0.104. The van der Waals surface area contributed by atoms with E-state index in [2.05, 4.69) is 20.4 Å². The summed E-state index contributed by atoms with van der Waals surface area (Å²) in [6, 6.07) is 15.2. The number of anilines is 1. The van der Waals surface area contributed by atoms with Crippen LogP contribution in [0.2, 0.25) is 0 Å². The van der Waals surface area contributed by atoms with Crippen molar-refractivity contribution in [1.29, 1.82) is 0 Å². The molecule has 1 aliphatic heterocycles. The second-order valence-corrected chi connectivity index (χ2v) is 9.92. The zero-order valence-electron chi connectivity index (χ0n) is 19.7. The maximum Gasteiger partial charge on any atom is 0.244 e. The van der Waals surface area contributed by atoms with Crippen LogP contribution in [0.25, 0.3) is 10.6 Å². The van der Waals surface area contributed by atoms with E-state index >= 15 is 0 Å². The number of benzene rings is 2. The molecule has 3 aromatic rings. The number of methoxy groups -OCH3 is 1. The third-order valence-electron chi connectivity index (χ3n) is 6.54. The van der Waals surface area contributed by atoms with Crippen molar-refractivity contribution < 1.29 is 19.1 Å². The Labute approximate surface area is 208 Å². The molecule has 1 aromatic heterocycles. The van der Waals surface area contributed by atoms with Gasteiger partial charge in [0, 0.05) is 42.6 Å². The number of ketones is 1. The number of nitrogens with one attached hydrogen (secondary N) is 1. The van der Waals surface area contributed by atoms with E-state index in [1.54, 1.807) is 19.2 Å². The minimum Gasteiger partial charge on any atom is -0.380 e. The van der Waals surface area contributed by atoms with Crippen LogP contribution in [0.5, 0.6) is 0 Å². The van der Waals surface area contributed by atoms with Gasteiger partial charge in [-0.1, -0.05) is 53.8 Å². The van der Waals surface area contributed by atoms with Crippen LogP contribution in [0.3, 0.4) is 0 Å². The Kier molecular flexibility index (Phi) is 7.01. The topological polar surface area (TPSA) is 93.7 Å². The number of ether oxygens (including phenoxy) is 2. The van der Waals surface area contributed by atoms with Gasteiger partial charge in [-0.15, -0.1) is 10.2 Å². The molecule has 1 saturated carbocycles. The summed E-state index contributed by atoms with van der Waals surface area (Å²) < 4.78 is 10.8. The molecule has 1 aliphatic carbocycles. The van der Waals surface area contributed by atoms with Gasteiger partial charge in [-0.3, -0.25) is 14.5 Å². The third kappa shape index (κ3) is 5.18. The summed E-state index contributed by atoms with van der Waals surface area (Å²) in [7, 11) is 1.61. The lowest BCUT2D eigenvalue weighted by Gasteiger charge is -2.34. The molecule has 0 radical (unpaired) electrons. The first kappa shape index (κ1) is 23.7. The van der Waals surface area contributed by atoms with Crippen molar-refractivity contribution >= 4 is 28.7 Å². The number of Topliss-reactive ketones (excluding diaryl/α,β-unsaturated/α-hetero) is 1. The van der Waals surface area contributed by atoms with Gasteiger partial charge in [-0.25, -0.2) is 0 Å². The first-order chi connectivity index (χ1) is 17.1. The first-order valence-electron chi connectivity index (χ1n) is 11.8. The maximum atomic E-state index is 13.3. The second kappa shape index (κ2) is 10.3. The number of carbonyl (C=O) groups excluding carboxylic acids is 2. The standard InChI is InChI=1S/C26H28N4O4S/c1-33-17-20-8-7-19(22(31)16-23-28-29-24(35-23)18-5-3-2-4-6-18)15-21(20)27-25(32)26(9-10-26)30-11-13-34-14-12-30/h2-8,15H,9-14,16-17H2,1H3,(H,27,32). The van der Waals surface area contributed by atoms with E-state index < -0.39 is 5.54 Å². The van der Waals surface area contributed by atoms with Crippen molar-refractivity contribution in [2.24, 2.45) is 0 Å². The number of hydrogen-bond acceptors (Lipinski definition) is 8. The lowest BCUT2D eigenvalue weighted by atomic mass is 10.0. The number of hydrogen-bond donors (Lipinski definition) is 1. The highest BCUT2D eigenvalue weighted by Gasteiger charge is 2.54. The zero-order valence-corrected chi connectivity index (χ0v) is 20.5. The van der Waals surface area contributed by atoms with E-state index in [1.807, 2.05) is 36.4 Å². The Balaban J connectivity index is 1.32. The van der Waals surface area contributed by atoms with Gasteiger partial charge >= 0.3 is 0 Å². The Morgan fingerprint density at radius 3 is 2.60 bits per heavy atom. The Hall–Kier alpha value is -2.98. The average molecular weight is 493 g/mol.